The molecular formula is C12H16BrN3S2. The van der Waals surface area contributed by atoms with E-state index >= 15 is 0 Å². The molecule has 0 radical (unpaired) electrons. The van der Waals surface area contributed by atoms with Crippen molar-refractivity contribution >= 4 is 38.6 Å². The first-order valence-corrected chi connectivity index (χ1v) is 8.41. The van der Waals surface area contributed by atoms with Crippen LogP contribution in [-0.2, 0) is 6.42 Å². The molecule has 0 amide bonds. The highest BCUT2D eigenvalue weighted by Crippen LogP contribution is 2.30. The lowest BCUT2D eigenvalue weighted by Gasteiger charge is -2.04. The number of aromatic nitrogens is 2. The molecule has 2 heterocycles. The molecular weight excluding hydrogens is 330 g/mol. The van der Waals surface area contributed by atoms with E-state index in [2.05, 4.69) is 56.7 Å². The minimum Gasteiger partial charge on any atom is -0.316 e. The molecule has 0 saturated heterocycles. The van der Waals surface area contributed by atoms with E-state index in [0.29, 0.717) is 5.92 Å². The molecule has 0 atom stereocenters. The van der Waals surface area contributed by atoms with E-state index in [0.717, 1.165) is 38.9 Å². The lowest BCUT2D eigenvalue weighted by Crippen LogP contribution is -2.22. The second-order valence-corrected chi connectivity index (χ2v) is 7.84. The number of thiophene rings is 1. The zero-order chi connectivity index (χ0) is 13.0. The van der Waals surface area contributed by atoms with Crippen LogP contribution < -0.4 is 5.32 Å². The molecule has 0 spiro atoms. The van der Waals surface area contributed by atoms with Crippen LogP contribution in [0.15, 0.2) is 15.2 Å². The van der Waals surface area contributed by atoms with Gasteiger partial charge in [-0.15, -0.1) is 21.5 Å². The van der Waals surface area contributed by atoms with Gasteiger partial charge in [-0.1, -0.05) is 25.2 Å². The first-order chi connectivity index (χ1) is 8.65. The first kappa shape index (κ1) is 14.1. The number of hydrogen-bond donors (Lipinski definition) is 1. The van der Waals surface area contributed by atoms with E-state index in [1.165, 1.54) is 0 Å². The Kier molecular flexibility index (Phi) is 5.29. The van der Waals surface area contributed by atoms with Crippen LogP contribution >= 0.6 is 38.6 Å². The van der Waals surface area contributed by atoms with Crippen LogP contribution in [0.4, 0.5) is 0 Å². The zero-order valence-corrected chi connectivity index (χ0v) is 13.7. The van der Waals surface area contributed by atoms with E-state index in [1.807, 2.05) is 0 Å². The number of rotatable bonds is 6. The van der Waals surface area contributed by atoms with Gasteiger partial charge in [-0.05, 0) is 34.5 Å². The number of nitrogens with one attached hydrogen (secondary N) is 1. The molecule has 98 valence electrons. The monoisotopic (exact) mass is 345 g/mol. The molecule has 0 aliphatic heterocycles. The Labute approximate surface area is 124 Å². The van der Waals surface area contributed by atoms with E-state index in [1.54, 1.807) is 22.7 Å². The highest BCUT2D eigenvalue weighted by Gasteiger charge is 2.08. The van der Waals surface area contributed by atoms with Gasteiger partial charge in [0.05, 0.1) is 3.79 Å². The normalized spacial score (nSPS) is 11.3. The molecule has 0 aliphatic carbocycles. The number of hydrogen-bond acceptors (Lipinski definition) is 5. The Bertz CT molecular complexity index is 493. The smallest absolute Gasteiger partial charge is 0.148 e. The summed E-state index contributed by atoms with van der Waals surface area (Å²) in [5, 5.41) is 16.1. The molecule has 0 saturated carbocycles. The first-order valence-electron chi connectivity index (χ1n) is 5.92. The minimum atomic E-state index is 0.693. The Morgan fingerprint density at radius 2 is 2.22 bits per heavy atom. The molecule has 0 fully saturated rings. The summed E-state index contributed by atoms with van der Waals surface area (Å²) in [5.41, 5.74) is 1.16. The van der Waals surface area contributed by atoms with Gasteiger partial charge in [-0.25, -0.2) is 0 Å². The number of halogens is 1. The molecule has 1 N–H and O–H groups in total. The summed E-state index contributed by atoms with van der Waals surface area (Å²) in [5.74, 6) is 0.693. The third kappa shape index (κ3) is 4.12. The van der Waals surface area contributed by atoms with Gasteiger partial charge >= 0.3 is 0 Å². The van der Waals surface area contributed by atoms with E-state index in [4.69, 9.17) is 0 Å². The fourth-order valence-corrected chi connectivity index (χ4v) is 3.52. The second kappa shape index (κ2) is 6.75. The molecule has 6 heteroatoms. The van der Waals surface area contributed by atoms with Crippen molar-refractivity contribution in [1.82, 2.24) is 15.5 Å². The van der Waals surface area contributed by atoms with E-state index in [-0.39, 0.29) is 0 Å². The van der Waals surface area contributed by atoms with Gasteiger partial charge in [0.25, 0.3) is 0 Å². The summed E-state index contributed by atoms with van der Waals surface area (Å²) in [6, 6.07) is 2.09. The van der Waals surface area contributed by atoms with Crippen molar-refractivity contribution in [3.8, 4) is 10.6 Å². The largest absolute Gasteiger partial charge is 0.316 e. The van der Waals surface area contributed by atoms with Crippen LogP contribution in [0.25, 0.3) is 10.6 Å². The topological polar surface area (TPSA) is 37.8 Å². The van der Waals surface area contributed by atoms with Crippen molar-refractivity contribution in [2.45, 2.75) is 20.3 Å². The third-order valence-electron chi connectivity index (χ3n) is 2.35. The Morgan fingerprint density at radius 1 is 1.39 bits per heavy atom. The van der Waals surface area contributed by atoms with Gasteiger partial charge in [-0.2, -0.15) is 0 Å². The third-order valence-corrected chi connectivity index (χ3v) is 4.89. The summed E-state index contributed by atoms with van der Waals surface area (Å²) in [6.45, 7) is 6.46. The maximum Gasteiger partial charge on any atom is 0.148 e. The fourth-order valence-electron chi connectivity index (χ4n) is 1.48. The zero-order valence-electron chi connectivity index (χ0n) is 10.4. The van der Waals surface area contributed by atoms with Gasteiger partial charge in [-0.3, -0.25) is 0 Å². The van der Waals surface area contributed by atoms with Crippen molar-refractivity contribution in [2.75, 3.05) is 13.1 Å². The van der Waals surface area contributed by atoms with Gasteiger partial charge in [0, 0.05) is 23.9 Å². The summed E-state index contributed by atoms with van der Waals surface area (Å²) < 4.78 is 1.13. The molecule has 2 aromatic heterocycles. The van der Waals surface area contributed by atoms with Gasteiger partial charge < -0.3 is 5.32 Å². The van der Waals surface area contributed by atoms with Crippen LogP contribution in [0.3, 0.4) is 0 Å². The van der Waals surface area contributed by atoms with Crippen LogP contribution in [0.1, 0.15) is 18.9 Å². The van der Waals surface area contributed by atoms with Crippen molar-refractivity contribution < 1.29 is 0 Å². The highest BCUT2D eigenvalue weighted by atomic mass is 79.9. The highest BCUT2D eigenvalue weighted by molar-refractivity contribution is 9.11. The Balaban J connectivity index is 1.86. The molecule has 0 aliphatic rings. The molecule has 0 bridgehead atoms. The average molecular weight is 346 g/mol. The standard InChI is InChI=1S/C12H16BrN3S2/c1-8(2)6-14-4-3-11-15-16-12(18-11)9-5-10(13)17-7-9/h5,7-8,14H,3-4,6H2,1-2H3. The maximum absolute atomic E-state index is 4.24. The van der Waals surface area contributed by atoms with Crippen LogP contribution in [0.5, 0.6) is 0 Å². The van der Waals surface area contributed by atoms with Gasteiger partial charge in [0.1, 0.15) is 10.0 Å². The second-order valence-electron chi connectivity index (χ2n) is 4.49. The molecule has 0 unspecified atom stereocenters. The SMILES string of the molecule is CC(C)CNCCc1nnc(-c2csc(Br)c2)s1. The molecule has 0 aromatic carbocycles. The minimum absolute atomic E-state index is 0.693. The Hall–Kier alpha value is -0.300. The lowest BCUT2D eigenvalue weighted by molar-refractivity contribution is 0.553. The summed E-state index contributed by atoms with van der Waals surface area (Å²) in [4.78, 5) is 0. The van der Waals surface area contributed by atoms with Crippen LogP contribution in [0, 0.1) is 5.92 Å². The predicted octanol–water partition coefficient (Wildman–Crippen LogP) is 3.82. The van der Waals surface area contributed by atoms with Crippen molar-refractivity contribution in [3.05, 3.63) is 20.2 Å². The predicted molar refractivity (Wildman–Crippen MR) is 82.3 cm³/mol. The van der Waals surface area contributed by atoms with Crippen molar-refractivity contribution in [1.29, 1.82) is 0 Å². The average Bonchev–Trinajstić information content (AvgIpc) is 2.93. The van der Waals surface area contributed by atoms with Crippen LogP contribution in [-0.4, -0.2) is 23.3 Å². The number of nitrogens with zero attached hydrogens (tertiary/aromatic N) is 2. The molecule has 18 heavy (non-hydrogen) atoms. The molecule has 2 aromatic rings. The van der Waals surface area contributed by atoms with E-state index < -0.39 is 0 Å². The maximum atomic E-state index is 4.24. The lowest BCUT2D eigenvalue weighted by atomic mass is 10.2. The van der Waals surface area contributed by atoms with Gasteiger partial charge in [0.15, 0.2) is 0 Å². The Morgan fingerprint density at radius 3 is 2.89 bits per heavy atom. The van der Waals surface area contributed by atoms with E-state index in [9.17, 15) is 0 Å². The quantitative estimate of drug-likeness (QED) is 0.808. The summed E-state index contributed by atoms with van der Waals surface area (Å²) >= 11 is 6.82. The molecule has 2 rings (SSSR count). The van der Waals surface area contributed by atoms with Gasteiger partial charge in [0.2, 0.25) is 0 Å². The van der Waals surface area contributed by atoms with Crippen molar-refractivity contribution in [3.63, 3.8) is 0 Å². The molecule has 3 nitrogen and oxygen atoms in total. The van der Waals surface area contributed by atoms with Crippen LogP contribution in [0.2, 0.25) is 0 Å². The van der Waals surface area contributed by atoms with Crippen molar-refractivity contribution in [2.24, 2.45) is 5.92 Å². The summed E-state index contributed by atoms with van der Waals surface area (Å²) in [6.07, 6.45) is 0.954. The summed E-state index contributed by atoms with van der Waals surface area (Å²) in [7, 11) is 0. The fraction of sp³-hybridized carbons (Fsp3) is 0.500.